The van der Waals surface area contributed by atoms with Gasteiger partial charge < -0.3 is 25.8 Å². The SMILES string of the molecule is NCCOCCOCCNC(=O)CCCC(=O)NCCCCC1(c2ccccc2)C(=O)NC(=O)NC1=O. The highest BCUT2D eigenvalue weighted by Crippen LogP contribution is 2.32. The number of ether oxygens (including phenoxy) is 2. The Morgan fingerprint density at radius 2 is 1.38 bits per heavy atom. The van der Waals surface area contributed by atoms with Crippen molar-refractivity contribution in [2.24, 2.45) is 5.73 Å². The van der Waals surface area contributed by atoms with Gasteiger partial charge in [0.25, 0.3) is 0 Å². The van der Waals surface area contributed by atoms with Crippen molar-refractivity contribution >= 4 is 29.7 Å². The van der Waals surface area contributed by atoms with Crippen LogP contribution in [-0.4, -0.2) is 75.7 Å². The van der Waals surface area contributed by atoms with Gasteiger partial charge in [-0.25, -0.2) is 4.79 Å². The number of hydrogen-bond donors (Lipinski definition) is 5. The number of unbranched alkanes of at least 4 members (excludes halogenated alkanes) is 1. The van der Waals surface area contributed by atoms with Crippen molar-refractivity contribution in [2.45, 2.75) is 43.9 Å². The predicted octanol–water partition coefficient (Wildman–Crippen LogP) is -0.145. The van der Waals surface area contributed by atoms with E-state index in [0.717, 1.165) is 0 Å². The van der Waals surface area contributed by atoms with Crippen molar-refractivity contribution in [2.75, 3.05) is 46.1 Å². The summed E-state index contributed by atoms with van der Waals surface area (Å²) in [5.41, 5.74) is 4.31. The van der Waals surface area contributed by atoms with Crippen molar-refractivity contribution in [3.63, 3.8) is 0 Å². The molecule has 204 valence electrons. The first-order chi connectivity index (χ1) is 17.9. The summed E-state index contributed by atoms with van der Waals surface area (Å²) in [7, 11) is 0. The van der Waals surface area contributed by atoms with Crippen LogP contribution in [-0.2, 0) is 34.1 Å². The van der Waals surface area contributed by atoms with Crippen molar-refractivity contribution in [3.05, 3.63) is 35.9 Å². The smallest absolute Gasteiger partial charge is 0.328 e. The van der Waals surface area contributed by atoms with E-state index in [-0.39, 0.29) is 31.1 Å². The predicted molar refractivity (Wildman–Crippen MR) is 134 cm³/mol. The van der Waals surface area contributed by atoms with Gasteiger partial charge in [0.05, 0.1) is 26.4 Å². The molecule has 1 fully saturated rings. The third-order valence-electron chi connectivity index (χ3n) is 5.81. The first-order valence-electron chi connectivity index (χ1n) is 12.5. The van der Waals surface area contributed by atoms with Crippen LogP contribution < -0.4 is 27.0 Å². The van der Waals surface area contributed by atoms with Crippen LogP contribution in [0.3, 0.4) is 0 Å². The number of amides is 6. The van der Waals surface area contributed by atoms with E-state index >= 15 is 0 Å². The van der Waals surface area contributed by atoms with E-state index in [1.54, 1.807) is 30.3 Å². The van der Waals surface area contributed by atoms with E-state index < -0.39 is 23.3 Å². The second-order valence-corrected chi connectivity index (χ2v) is 8.53. The van der Waals surface area contributed by atoms with Crippen molar-refractivity contribution < 1.29 is 33.4 Å². The molecule has 1 saturated heterocycles. The Hall–Kier alpha value is -3.35. The van der Waals surface area contributed by atoms with Crippen LogP contribution in [0.2, 0.25) is 0 Å². The summed E-state index contributed by atoms with van der Waals surface area (Å²) in [6, 6.07) is 7.75. The molecule has 0 bridgehead atoms. The van der Waals surface area contributed by atoms with E-state index in [1.807, 2.05) is 0 Å². The normalized spacial score (nSPS) is 14.6. The molecule has 0 aromatic heterocycles. The molecule has 0 aliphatic carbocycles. The Bertz CT molecular complexity index is 890. The minimum atomic E-state index is -1.50. The lowest BCUT2D eigenvalue weighted by molar-refractivity contribution is -0.139. The maximum atomic E-state index is 12.7. The molecule has 12 nitrogen and oxygen atoms in total. The monoisotopic (exact) mass is 519 g/mol. The fourth-order valence-corrected chi connectivity index (χ4v) is 3.91. The molecule has 1 aliphatic rings. The summed E-state index contributed by atoms with van der Waals surface area (Å²) >= 11 is 0. The fraction of sp³-hybridized carbons (Fsp3) is 0.560. The lowest BCUT2D eigenvalue weighted by atomic mass is 9.73. The number of nitrogens with two attached hydrogens (primary N) is 1. The molecular weight excluding hydrogens is 482 g/mol. The third kappa shape index (κ3) is 9.90. The summed E-state index contributed by atoms with van der Waals surface area (Å²) in [4.78, 5) is 60.9. The van der Waals surface area contributed by atoms with Gasteiger partial charge in [-0.05, 0) is 31.2 Å². The van der Waals surface area contributed by atoms with E-state index in [9.17, 15) is 24.0 Å². The number of carbonyl (C=O) groups excluding carboxylic acids is 5. The quantitative estimate of drug-likeness (QED) is 0.131. The molecule has 1 aromatic rings. The van der Waals surface area contributed by atoms with E-state index in [2.05, 4.69) is 21.3 Å². The van der Waals surface area contributed by atoms with Crippen LogP contribution in [0.15, 0.2) is 30.3 Å². The molecule has 0 atom stereocenters. The van der Waals surface area contributed by atoms with Crippen LogP contribution in [0.1, 0.15) is 44.1 Å². The highest BCUT2D eigenvalue weighted by Gasteiger charge is 2.51. The molecule has 1 aromatic carbocycles. The zero-order valence-electron chi connectivity index (χ0n) is 21.0. The van der Waals surface area contributed by atoms with Gasteiger partial charge in [-0.3, -0.25) is 29.8 Å². The number of nitrogens with one attached hydrogen (secondary N) is 4. The first kappa shape index (κ1) is 29.9. The maximum Gasteiger partial charge on any atom is 0.328 e. The average Bonchev–Trinajstić information content (AvgIpc) is 2.87. The number of rotatable bonds is 18. The van der Waals surface area contributed by atoms with Gasteiger partial charge in [0, 0.05) is 32.5 Å². The number of benzene rings is 1. The van der Waals surface area contributed by atoms with E-state index in [1.165, 1.54) is 0 Å². The molecule has 12 heteroatoms. The average molecular weight is 520 g/mol. The number of urea groups is 1. The van der Waals surface area contributed by atoms with Crippen LogP contribution >= 0.6 is 0 Å². The third-order valence-corrected chi connectivity index (χ3v) is 5.81. The minimum absolute atomic E-state index is 0.149. The minimum Gasteiger partial charge on any atom is -0.378 e. The summed E-state index contributed by atoms with van der Waals surface area (Å²) in [6.45, 7) is 2.98. The largest absolute Gasteiger partial charge is 0.378 e. The lowest BCUT2D eigenvalue weighted by Gasteiger charge is -2.34. The molecule has 37 heavy (non-hydrogen) atoms. The second-order valence-electron chi connectivity index (χ2n) is 8.53. The topological polar surface area (TPSA) is 178 Å². The number of barbiturate groups is 1. The maximum absolute atomic E-state index is 12.7. The highest BCUT2D eigenvalue weighted by molar-refractivity contribution is 6.22. The van der Waals surface area contributed by atoms with Crippen molar-refractivity contribution in [1.29, 1.82) is 0 Å². The first-order valence-corrected chi connectivity index (χ1v) is 12.5. The van der Waals surface area contributed by atoms with Crippen LogP contribution in [0, 0.1) is 0 Å². The molecule has 1 aliphatic heterocycles. The Morgan fingerprint density at radius 1 is 0.784 bits per heavy atom. The highest BCUT2D eigenvalue weighted by atomic mass is 16.5. The summed E-state index contributed by atoms with van der Waals surface area (Å²) in [5.74, 6) is -1.63. The van der Waals surface area contributed by atoms with Gasteiger partial charge in [-0.1, -0.05) is 30.3 Å². The van der Waals surface area contributed by atoms with Crippen molar-refractivity contribution in [3.8, 4) is 0 Å². The van der Waals surface area contributed by atoms with E-state index in [0.29, 0.717) is 70.9 Å². The molecule has 0 spiro atoms. The van der Waals surface area contributed by atoms with Crippen LogP contribution in [0.4, 0.5) is 4.79 Å². The molecule has 2 rings (SSSR count). The summed E-state index contributed by atoms with van der Waals surface area (Å²) in [6.07, 6.45) is 2.04. The molecular formula is C25H37N5O7. The second kappa shape index (κ2) is 16.4. The molecule has 0 unspecified atom stereocenters. The van der Waals surface area contributed by atoms with Gasteiger partial charge in [-0.2, -0.15) is 0 Å². The zero-order valence-corrected chi connectivity index (χ0v) is 21.0. The molecule has 6 N–H and O–H groups in total. The fourth-order valence-electron chi connectivity index (χ4n) is 3.91. The summed E-state index contributed by atoms with van der Waals surface area (Å²) in [5, 5.41) is 9.91. The molecule has 6 amide bonds. The molecule has 0 radical (unpaired) electrons. The Labute approximate surface area is 216 Å². The standard InChI is InChI=1S/C25H37N5O7/c26-12-15-36-17-18-37-16-14-28-21(32)10-6-9-20(31)27-13-5-4-11-25(19-7-2-1-3-8-19)22(33)29-24(35)30-23(25)34/h1-3,7-8H,4-6,9-18,26H2,(H,27,31)(H,28,32)(H2,29,30,33,34,35). The van der Waals surface area contributed by atoms with Gasteiger partial charge in [-0.15, -0.1) is 0 Å². The number of carbonyl (C=O) groups is 5. The Kier molecular flexibility index (Phi) is 13.2. The number of hydrogen-bond acceptors (Lipinski definition) is 8. The van der Waals surface area contributed by atoms with Crippen molar-refractivity contribution in [1.82, 2.24) is 21.3 Å². The van der Waals surface area contributed by atoms with Gasteiger partial charge in [0.15, 0.2) is 5.41 Å². The zero-order chi connectivity index (χ0) is 26.9. The molecule has 0 saturated carbocycles. The molecule has 1 heterocycles. The lowest BCUT2D eigenvalue weighted by Crippen LogP contribution is -2.64. The van der Waals surface area contributed by atoms with Gasteiger partial charge >= 0.3 is 6.03 Å². The Morgan fingerprint density at radius 3 is 2.00 bits per heavy atom. The van der Waals surface area contributed by atoms with E-state index in [4.69, 9.17) is 15.2 Å². The van der Waals surface area contributed by atoms with Gasteiger partial charge in [0.2, 0.25) is 23.6 Å². The van der Waals surface area contributed by atoms with Crippen LogP contribution in [0.5, 0.6) is 0 Å². The summed E-state index contributed by atoms with van der Waals surface area (Å²) < 4.78 is 10.5. The number of imide groups is 2. The van der Waals surface area contributed by atoms with Crippen LogP contribution in [0.25, 0.3) is 0 Å². The van der Waals surface area contributed by atoms with Gasteiger partial charge in [0.1, 0.15) is 0 Å². The Balaban J connectivity index is 1.61.